The number of aliphatic carboxylic acids is 1. The molecule has 0 aromatic heterocycles. The van der Waals surface area contributed by atoms with Gasteiger partial charge in [0.05, 0.1) is 39.6 Å². The van der Waals surface area contributed by atoms with E-state index in [-0.39, 0.29) is 40.2 Å². The van der Waals surface area contributed by atoms with Gasteiger partial charge in [0.1, 0.15) is 9.79 Å². The average molecular weight is 722 g/mol. The lowest BCUT2D eigenvalue weighted by atomic mass is 9.82. The van der Waals surface area contributed by atoms with E-state index >= 15 is 0 Å². The van der Waals surface area contributed by atoms with Crippen LogP contribution in [0.2, 0.25) is 0 Å². The van der Waals surface area contributed by atoms with Crippen LogP contribution >= 0.6 is 0 Å². The third kappa shape index (κ3) is 7.70. The lowest BCUT2D eigenvalue weighted by Crippen LogP contribution is -2.25. The summed E-state index contributed by atoms with van der Waals surface area (Å²) in [5, 5.41) is 19.6. The van der Waals surface area contributed by atoms with E-state index in [1.165, 1.54) is 36.4 Å². The minimum absolute atomic E-state index is 0.00359. The second kappa shape index (κ2) is 14.2. The molecule has 4 aromatic carbocycles. The second-order valence-electron chi connectivity index (χ2n) is 11.4. The van der Waals surface area contributed by atoms with E-state index in [4.69, 9.17) is 10.8 Å². The fraction of sp³-hybridized carbons (Fsp3) is 0.182. The maximum atomic E-state index is 13.6. The number of ketones is 2. The zero-order valence-corrected chi connectivity index (χ0v) is 28.0. The molecular weight excluding hydrogens is 691 g/mol. The van der Waals surface area contributed by atoms with E-state index in [0.29, 0.717) is 18.7 Å². The number of carboxylic acids is 1. The Labute approximate surface area is 287 Å². The number of nitrogens with two attached hydrogens (primary N) is 1. The van der Waals surface area contributed by atoms with Crippen molar-refractivity contribution in [2.24, 2.45) is 10.2 Å². The molecule has 0 radical (unpaired) electrons. The number of carbonyl (C=O) groups is 3. The number of anilines is 4. The molecule has 260 valence electrons. The van der Waals surface area contributed by atoms with Crippen LogP contribution in [0, 0.1) is 0 Å². The van der Waals surface area contributed by atoms with Crippen LogP contribution in [0.5, 0.6) is 0 Å². The summed E-state index contributed by atoms with van der Waals surface area (Å²) in [6.45, 7) is 0.716. The van der Waals surface area contributed by atoms with Gasteiger partial charge in [-0.15, -0.1) is 0 Å². The number of carbonyl (C=O) groups excluding carboxylic acids is 2. The van der Waals surface area contributed by atoms with Crippen molar-refractivity contribution in [1.82, 2.24) is 0 Å². The third-order valence-electron chi connectivity index (χ3n) is 7.95. The second-order valence-corrected chi connectivity index (χ2v) is 14.2. The monoisotopic (exact) mass is 721 g/mol. The van der Waals surface area contributed by atoms with E-state index in [2.05, 4.69) is 15.5 Å². The Morgan fingerprint density at radius 2 is 1.34 bits per heavy atom. The van der Waals surface area contributed by atoms with Gasteiger partial charge in [-0.05, 0) is 61.4 Å². The van der Waals surface area contributed by atoms with Crippen molar-refractivity contribution in [2.75, 3.05) is 29.5 Å². The van der Waals surface area contributed by atoms with Crippen LogP contribution in [0.4, 0.5) is 34.1 Å². The number of rotatable bonds is 13. The van der Waals surface area contributed by atoms with Crippen molar-refractivity contribution < 1.29 is 45.4 Å². The highest BCUT2D eigenvalue weighted by molar-refractivity contribution is 7.86. The fourth-order valence-electron chi connectivity index (χ4n) is 5.46. The summed E-state index contributed by atoms with van der Waals surface area (Å²) >= 11 is 0. The Bertz CT molecular complexity index is 2270. The van der Waals surface area contributed by atoms with Crippen LogP contribution in [0.1, 0.15) is 57.5 Å². The number of nitrogens with zero attached hydrogens (tertiary/aromatic N) is 3. The normalized spacial score (nSPS) is 12.9. The number of nitrogens with one attached hydrogen (secondary N) is 1. The summed E-state index contributed by atoms with van der Waals surface area (Å²) in [5.74, 6) is -2.33. The summed E-state index contributed by atoms with van der Waals surface area (Å²) < 4.78 is 69.5. The van der Waals surface area contributed by atoms with Gasteiger partial charge in [0, 0.05) is 36.8 Å². The Morgan fingerprint density at radius 3 is 1.94 bits per heavy atom. The third-order valence-corrected chi connectivity index (χ3v) is 9.73. The van der Waals surface area contributed by atoms with Crippen molar-refractivity contribution in [3.8, 4) is 0 Å². The minimum atomic E-state index is -5.04. The van der Waals surface area contributed by atoms with E-state index in [9.17, 15) is 40.3 Å². The molecule has 0 fully saturated rings. The topological polar surface area (TPSA) is 246 Å². The van der Waals surface area contributed by atoms with Crippen molar-refractivity contribution in [1.29, 1.82) is 0 Å². The number of hydrogen-bond donors (Lipinski definition) is 5. The van der Waals surface area contributed by atoms with E-state index in [0.717, 1.165) is 30.7 Å². The quantitative estimate of drug-likeness (QED) is 0.0419. The van der Waals surface area contributed by atoms with Crippen molar-refractivity contribution in [3.05, 3.63) is 95.1 Å². The van der Waals surface area contributed by atoms with Crippen molar-refractivity contribution in [2.45, 2.75) is 35.5 Å². The molecule has 0 bridgehead atoms. The molecule has 0 spiro atoms. The molecule has 0 amide bonds. The molecule has 17 heteroatoms. The number of benzene rings is 4. The highest BCUT2D eigenvalue weighted by Crippen LogP contribution is 2.41. The van der Waals surface area contributed by atoms with Gasteiger partial charge in [-0.2, -0.15) is 27.1 Å². The number of azo groups is 1. The minimum Gasteiger partial charge on any atom is -0.481 e. The first-order valence-corrected chi connectivity index (χ1v) is 17.9. The summed E-state index contributed by atoms with van der Waals surface area (Å²) in [6.07, 6.45) is 2.34. The van der Waals surface area contributed by atoms with Crippen molar-refractivity contribution in [3.63, 3.8) is 0 Å². The van der Waals surface area contributed by atoms with E-state index < -0.39 is 58.8 Å². The highest BCUT2D eigenvalue weighted by atomic mass is 32.2. The average Bonchev–Trinajstić information content (AvgIpc) is 3.06. The van der Waals surface area contributed by atoms with Gasteiger partial charge in [-0.25, -0.2) is 0 Å². The molecule has 0 unspecified atom stereocenters. The zero-order valence-electron chi connectivity index (χ0n) is 26.4. The Kier molecular flexibility index (Phi) is 10.1. The highest BCUT2D eigenvalue weighted by Gasteiger charge is 2.36. The fourth-order valence-corrected chi connectivity index (χ4v) is 6.77. The first kappa shape index (κ1) is 35.8. The van der Waals surface area contributed by atoms with Gasteiger partial charge >= 0.3 is 5.97 Å². The van der Waals surface area contributed by atoms with E-state index in [1.54, 1.807) is 24.3 Å². The predicted molar refractivity (Wildman–Crippen MR) is 184 cm³/mol. The molecule has 1 aliphatic carbocycles. The molecule has 6 N–H and O–H groups in total. The molecule has 0 atom stereocenters. The lowest BCUT2D eigenvalue weighted by molar-refractivity contribution is -0.137. The smallest absolute Gasteiger partial charge is 0.303 e. The Hall–Kier alpha value is -5.49. The zero-order chi connectivity index (χ0) is 36.4. The number of fused-ring (bicyclic) bond motifs is 2. The largest absolute Gasteiger partial charge is 0.481 e. The van der Waals surface area contributed by atoms with Gasteiger partial charge in [0.2, 0.25) is 0 Å². The molecule has 4 aromatic rings. The number of carboxylic acid groups (broad SMARTS) is 1. The number of nitrogen functional groups attached to an aromatic ring is 1. The molecule has 0 heterocycles. The molecule has 1 aliphatic rings. The van der Waals surface area contributed by atoms with Crippen LogP contribution in [0.15, 0.2) is 92.8 Å². The van der Waals surface area contributed by atoms with Gasteiger partial charge in [0.15, 0.2) is 11.6 Å². The van der Waals surface area contributed by atoms with Gasteiger partial charge < -0.3 is 21.1 Å². The summed E-state index contributed by atoms with van der Waals surface area (Å²) in [4.78, 5) is 38.1. The van der Waals surface area contributed by atoms with Crippen LogP contribution in [0.25, 0.3) is 0 Å². The summed E-state index contributed by atoms with van der Waals surface area (Å²) in [6, 6.07) is 17.1. The standard InChI is InChI=1S/C33H31N5O10S2/c1-38(16-6-2-3-9-28(39)40)21-13-10-19(11-14-21)36-37-20-12-15-24(26(17-20)49(43,44)45)35-25-18-27(50(46,47)48)31(34)30-29(25)32(41)22-7-4-5-8-23(22)33(30)42/h4-5,7-8,10-15,17-18,35H,2-3,6,9,16,34H2,1H3,(H,39,40)(H,43,44,45)(H,46,47,48)/b37-36+. The van der Waals surface area contributed by atoms with Gasteiger partial charge in [-0.1, -0.05) is 30.7 Å². The SMILES string of the molecule is CN(CCCCCC(=O)O)c1ccc(/N=N/c2ccc(Nc3cc(S(=O)(=O)O)c(N)c4c3C(=O)c3ccccc3C4=O)c(S(=O)(=O)O)c2)cc1. The molecular formula is C33H31N5O10S2. The molecule has 50 heavy (non-hydrogen) atoms. The van der Waals surface area contributed by atoms with Crippen LogP contribution in [-0.2, 0) is 25.0 Å². The Balaban J connectivity index is 1.44. The number of unbranched alkanes of at least 4 members (excludes halogenated alkanes) is 2. The predicted octanol–water partition coefficient (Wildman–Crippen LogP) is 5.78. The van der Waals surface area contributed by atoms with Crippen molar-refractivity contribution >= 4 is 71.9 Å². The van der Waals surface area contributed by atoms with E-state index in [1.807, 2.05) is 11.9 Å². The summed E-state index contributed by atoms with van der Waals surface area (Å²) in [5.41, 5.74) is 5.03. The molecule has 15 nitrogen and oxygen atoms in total. The van der Waals surface area contributed by atoms with Gasteiger partial charge in [-0.3, -0.25) is 23.5 Å². The maximum absolute atomic E-state index is 13.6. The number of hydrogen-bond acceptors (Lipinski definition) is 12. The first-order chi connectivity index (χ1) is 23.6. The maximum Gasteiger partial charge on any atom is 0.303 e. The Morgan fingerprint density at radius 1 is 0.760 bits per heavy atom. The summed E-state index contributed by atoms with van der Waals surface area (Å²) in [7, 11) is -8.11. The molecule has 0 aliphatic heterocycles. The molecule has 0 saturated heterocycles. The lowest BCUT2D eigenvalue weighted by Gasteiger charge is -2.24. The van der Waals surface area contributed by atoms with Crippen LogP contribution in [-0.4, -0.2) is 62.2 Å². The molecule has 5 rings (SSSR count). The molecule has 0 saturated carbocycles. The first-order valence-electron chi connectivity index (χ1n) is 15.0. The van der Waals surface area contributed by atoms with Crippen LogP contribution < -0.4 is 16.0 Å². The van der Waals surface area contributed by atoms with Crippen LogP contribution in [0.3, 0.4) is 0 Å². The van der Waals surface area contributed by atoms with Gasteiger partial charge in [0.25, 0.3) is 20.2 Å².